The first-order valence-electron chi connectivity index (χ1n) is 7.50. The van der Waals surface area contributed by atoms with E-state index in [-0.39, 0.29) is 5.92 Å². The SMILES string of the molecule is CCc1ccc(C(=O)C2C3CCc4ccccc4C32)s1. The minimum absolute atomic E-state index is 0.252. The third-order valence-corrected chi connectivity index (χ3v) is 6.13. The number of rotatable bonds is 3. The second-order valence-electron chi connectivity index (χ2n) is 5.94. The van der Waals surface area contributed by atoms with Gasteiger partial charge in [0, 0.05) is 10.8 Å². The monoisotopic (exact) mass is 282 g/mol. The molecule has 2 heteroatoms. The van der Waals surface area contributed by atoms with Crippen LogP contribution in [-0.4, -0.2) is 5.78 Å². The molecule has 3 atom stereocenters. The van der Waals surface area contributed by atoms with Crippen LogP contribution in [0.15, 0.2) is 36.4 Å². The number of ketones is 1. The van der Waals surface area contributed by atoms with Gasteiger partial charge in [-0.25, -0.2) is 0 Å². The van der Waals surface area contributed by atoms with Crippen molar-refractivity contribution < 1.29 is 4.79 Å². The molecule has 0 amide bonds. The molecule has 102 valence electrons. The Hall–Kier alpha value is -1.41. The van der Waals surface area contributed by atoms with E-state index in [1.807, 2.05) is 6.07 Å². The lowest BCUT2D eigenvalue weighted by Crippen LogP contribution is -2.01. The van der Waals surface area contributed by atoms with Crippen LogP contribution in [0.4, 0.5) is 0 Å². The number of hydrogen-bond acceptors (Lipinski definition) is 2. The van der Waals surface area contributed by atoms with Gasteiger partial charge >= 0.3 is 0 Å². The van der Waals surface area contributed by atoms with Crippen molar-refractivity contribution in [1.82, 2.24) is 0 Å². The molecule has 1 fully saturated rings. The molecule has 0 bridgehead atoms. The van der Waals surface area contributed by atoms with Crippen LogP contribution >= 0.6 is 11.3 Å². The Morgan fingerprint density at radius 2 is 2.10 bits per heavy atom. The van der Waals surface area contributed by atoms with Gasteiger partial charge in [0.05, 0.1) is 4.88 Å². The number of aryl methyl sites for hydroxylation is 2. The fourth-order valence-corrected chi connectivity index (χ4v) is 4.72. The fraction of sp³-hybridized carbons (Fsp3) is 0.389. The quantitative estimate of drug-likeness (QED) is 0.759. The number of fused-ring (bicyclic) bond motifs is 3. The summed E-state index contributed by atoms with van der Waals surface area (Å²) in [6, 6.07) is 12.8. The van der Waals surface area contributed by atoms with Crippen molar-refractivity contribution in [2.24, 2.45) is 11.8 Å². The molecule has 2 aliphatic carbocycles. The van der Waals surface area contributed by atoms with Gasteiger partial charge < -0.3 is 0 Å². The Labute approximate surface area is 123 Å². The van der Waals surface area contributed by atoms with Crippen molar-refractivity contribution in [2.45, 2.75) is 32.1 Å². The summed E-state index contributed by atoms with van der Waals surface area (Å²) >= 11 is 1.69. The van der Waals surface area contributed by atoms with Gasteiger partial charge in [-0.1, -0.05) is 31.2 Å². The number of hydrogen-bond donors (Lipinski definition) is 0. The molecule has 2 aliphatic rings. The summed E-state index contributed by atoms with van der Waals surface area (Å²) in [5.41, 5.74) is 2.90. The highest BCUT2D eigenvalue weighted by Crippen LogP contribution is 2.61. The standard InChI is InChI=1S/C18H18OS/c1-2-12-8-10-15(20-12)18(19)17-14-9-7-11-5-3-4-6-13(11)16(14)17/h3-6,8,10,14,16-17H,2,7,9H2,1H3. The van der Waals surface area contributed by atoms with Crippen LogP contribution < -0.4 is 0 Å². The summed E-state index contributed by atoms with van der Waals surface area (Å²) in [6.07, 6.45) is 3.36. The largest absolute Gasteiger partial charge is 0.293 e. The van der Waals surface area contributed by atoms with Gasteiger partial charge in [0.1, 0.15) is 0 Å². The van der Waals surface area contributed by atoms with Gasteiger partial charge in [-0.15, -0.1) is 11.3 Å². The van der Waals surface area contributed by atoms with Gasteiger partial charge in [-0.2, -0.15) is 0 Å². The molecule has 0 spiro atoms. The van der Waals surface area contributed by atoms with E-state index >= 15 is 0 Å². The van der Waals surface area contributed by atoms with Crippen molar-refractivity contribution >= 4 is 17.1 Å². The van der Waals surface area contributed by atoms with E-state index in [0.717, 1.165) is 17.7 Å². The van der Waals surface area contributed by atoms with Crippen molar-refractivity contribution in [1.29, 1.82) is 0 Å². The minimum atomic E-state index is 0.252. The first-order valence-corrected chi connectivity index (χ1v) is 8.32. The topological polar surface area (TPSA) is 17.1 Å². The molecule has 0 radical (unpaired) electrons. The van der Waals surface area contributed by atoms with Crippen molar-refractivity contribution in [3.63, 3.8) is 0 Å². The van der Waals surface area contributed by atoms with Crippen LogP contribution in [0.25, 0.3) is 0 Å². The van der Waals surface area contributed by atoms with Crippen LogP contribution in [0, 0.1) is 11.8 Å². The van der Waals surface area contributed by atoms with E-state index in [4.69, 9.17) is 0 Å². The Bertz CT molecular complexity index is 670. The van der Waals surface area contributed by atoms with E-state index in [1.54, 1.807) is 11.3 Å². The number of benzene rings is 1. The van der Waals surface area contributed by atoms with Gasteiger partial charge in [0.2, 0.25) is 0 Å². The van der Waals surface area contributed by atoms with E-state index < -0.39 is 0 Å². The highest BCUT2D eigenvalue weighted by molar-refractivity contribution is 7.14. The molecule has 0 N–H and O–H groups in total. The van der Waals surface area contributed by atoms with Crippen molar-refractivity contribution in [3.8, 4) is 0 Å². The van der Waals surface area contributed by atoms with E-state index in [2.05, 4.69) is 37.3 Å². The van der Waals surface area contributed by atoms with Crippen molar-refractivity contribution in [2.75, 3.05) is 0 Å². The lowest BCUT2D eigenvalue weighted by Gasteiger charge is -2.13. The molecule has 1 saturated carbocycles. The molecule has 1 heterocycles. The first-order chi connectivity index (χ1) is 9.79. The molecule has 20 heavy (non-hydrogen) atoms. The average molecular weight is 282 g/mol. The summed E-state index contributed by atoms with van der Waals surface area (Å²) in [7, 11) is 0. The average Bonchev–Trinajstić information content (AvgIpc) is 3.04. The molecular formula is C18H18OS. The van der Waals surface area contributed by atoms with Crippen LogP contribution in [0.5, 0.6) is 0 Å². The highest BCUT2D eigenvalue weighted by atomic mass is 32.1. The Kier molecular flexibility index (Phi) is 2.81. The lowest BCUT2D eigenvalue weighted by atomic mass is 9.92. The van der Waals surface area contributed by atoms with Gasteiger partial charge in [0.15, 0.2) is 5.78 Å². The maximum atomic E-state index is 12.7. The third-order valence-electron chi connectivity index (χ3n) is 4.89. The van der Waals surface area contributed by atoms with Crippen molar-refractivity contribution in [3.05, 3.63) is 57.3 Å². The molecule has 1 nitrogen and oxygen atoms in total. The second kappa shape index (κ2) is 4.56. The van der Waals surface area contributed by atoms with E-state index in [0.29, 0.717) is 17.6 Å². The van der Waals surface area contributed by atoms with Crippen LogP contribution in [0.3, 0.4) is 0 Å². The molecule has 4 rings (SSSR count). The zero-order chi connectivity index (χ0) is 13.7. The van der Waals surface area contributed by atoms with E-state index in [9.17, 15) is 4.79 Å². The smallest absolute Gasteiger partial charge is 0.176 e. The van der Waals surface area contributed by atoms with Gasteiger partial charge in [-0.3, -0.25) is 4.79 Å². The molecule has 1 aromatic heterocycles. The highest BCUT2D eigenvalue weighted by Gasteiger charge is 2.56. The predicted octanol–water partition coefficient (Wildman–Crippen LogP) is 4.47. The number of carbonyl (C=O) groups is 1. The Balaban J connectivity index is 1.62. The lowest BCUT2D eigenvalue weighted by molar-refractivity contribution is 0.0963. The number of carbonyl (C=O) groups excluding carboxylic acids is 1. The summed E-state index contributed by atoms with van der Waals surface area (Å²) in [6.45, 7) is 2.15. The molecule has 2 aromatic rings. The molecule has 3 unspecified atom stereocenters. The molecular weight excluding hydrogens is 264 g/mol. The molecule has 0 saturated heterocycles. The maximum absolute atomic E-state index is 12.7. The summed E-state index contributed by atoms with van der Waals surface area (Å²) in [4.78, 5) is 15.0. The summed E-state index contributed by atoms with van der Waals surface area (Å²) in [5, 5.41) is 0. The first kappa shape index (κ1) is 12.3. The van der Waals surface area contributed by atoms with Crippen LogP contribution in [0.2, 0.25) is 0 Å². The predicted molar refractivity (Wildman–Crippen MR) is 82.5 cm³/mol. The van der Waals surface area contributed by atoms with E-state index in [1.165, 1.54) is 22.4 Å². The summed E-state index contributed by atoms with van der Waals surface area (Å²) in [5.74, 6) is 1.74. The number of Topliss-reactive ketones (excluding diaryl/α,β-unsaturated/α-hetero) is 1. The third kappa shape index (κ3) is 1.78. The fourth-order valence-electron chi connectivity index (χ4n) is 3.79. The normalized spacial score (nSPS) is 26.8. The zero-order valence-electron chi connectivity index (χ0n) is 11.6. The number of thiophene rings is 1. The Morgan fingerprint density at radius 1 is 1.25 bits per heavy atom. The molecule has 1 aromatic carbocycles. The maximum Gasteiger partial charge on any atom is 0.176 e. The van der Waals surface area contributed by atoms with Crippen LogP contribution in [-0.2, 0) is 12.8 Å². The minimum Gasteiger partial charge on any atom is -0.293 e. The Morgan fingerprint density at radius 3 is 2.90 bits per heavy atom. The zero-order valence-corrected chi connectivity index (χ0v) is 12.5. The van der Waals surface area contributed by atoms with Crippen LogP contribution in [0.1, 0.15) is 44.9 Å². The second-order valence-corrected chi connectivity index (χ2v) is 7.11. The summed E-state index contributed by atoms with van der Waals surface area (Å²) < 4.78 is 0. The van der Waals surface area contributed by atoms with Gasteiger partial charge in [-0.05, 0) is 54.4 Å². The van der Waals surface area contributed by atoms with Gasteiger partial charge in [0.25, 0.3) is 0 Å². The molecule has 0 aliphatic heterocycles.